The number of anilines is 1. The lowest BCUT2D eigenvalue weighted by molar-refractivity contribution is 0.145. The molecule has 2 aliphatic rings. The zero-order valence-corrected chi connectivity index (χ0v) is 14.6. The van der Waals surface area contributed by atoms with Gasteiger partial charge in [0.15, 0.2) is 11.5 Å². The largest absolute Gasteiger partial charge is 0.355 e. The van der Waals surface area contributed by atoms with Crippen LogP contribution in [0.4, 0.5) is 14.6 Å². The zero-order valence-electron chi connectivity index (χ0n) is 14.6. The first kappa shape index (κ1) is 16.5. The summed E-state index contributed by atoms with van der Waals surface area (Å²) in [7, 11) is 0. The zero-order chi connectivity index (χ0) is 18.4. The fourth-order valence-corrected chi connectivity index (χ4v) is 4.07. The van der Waals surface area contributed by atoms with E-state index in [9.17, 15) is 8.78 Å². The number of piperidine rings is 1. The highest BCUT2D eigenvalue weighted by atomic mass is 19.3. The van der Waals surface area contributed by atoms with Crippen molar-refractivity contribution in [2.45, 2.75) is 25.3 Å². The van der Waals surface area contributed by atoms with Crippen LogP contribution < -0.4 is 10.2 Å². The molecule has 0 radical (unpaired) electrons. The number of alkyl halides is 2. The molecule has 0 aromatic carbocycles. The van der Waals surface area contributed by atoms with E-state index in [1.54, 1.807) is 16.8 Å². The van der Waals surface area contributed by atoms with Crippen LogP contribution in [0.15, 0.2) is 30.9 Å². The molecular weight excluding hydrogens is 352 g/mol. The van der Waals surface area contributed by atoms with Gasteiger partial charge in [0, 0.05) is 31.5 Å². The van der Waals surface area contributed by atoms with E-state index >= 15 is 0 Å². The topological polar surface area (TPSA) is 71.2 Å². The van der Waals surface area contributed by atoms with Gasteiger partial charge in [0.05, 0.1) is 12.4 Å². The molecule has 5 heterocycles. The van der Waals surface area contributed by atoms with Gasteiger partial charge in [0.25, 0.3) is 6.43 Å². The van der Waals surface area contributed by atoms with Crippen LogP contribution >= 0.6 is 0 Å². The van der Waals surface area contributed by atoms with Gasteiger partial charge in [-0.1, -0.05) is 0 Å². The van der Waals surface area contributed by atoms with Crippen LogP contribution in [0.25, 0.3) is 17.2 Å². The molecule has 7 nitrogen and oxygen atoms in total. The lowest BCUT2D eigenvalue weighted by Gasteiger charge is -2.35. The minimum Gasteiger partial charge on any atom is -0.355 e. The van der Waals surface area contributed by atoms with Crippen LogP contribution in [0.1, 0.15) is 25.0 Å². The molecule has 27 heavy (non-hydrogen) atoms. The molecule has 0 spiro atoms. The van der Waals surface area contributed by atoms with Crippen LogP contribution in [0.2, 0.25) is 0 Å². The second kappa shape index (κ2) is 6.49. The van der Waals surface area contributed by atoms with Crippen molar-refractivity contribution in [3.63, 3.8) is 0 Å². The van der Waals surface area contributed by atoms with Crippen LogP contribution in [0.3, 0.4) is 0 Å². The number of fused-ring (bicyclic) bond motifs is 2. The smallest absolute Gasteiger partial charge is 0.281 e. The molecule has 0 amide bonds. The number of nitrogens with one attached hydrogen (secondary N) is 1. The molecule has 9 heteroatoms. The van der Waals surface area contributed by atoms with Gasteiger partial charge in [-0.3, -0.25) is 4.40 Å². The molecule has 140 valence electrons. The van der Waals surface area contributed by atoms with Crippen molar-refractivity contribution in [1.29, 1.82) is 0 Å². The van der Waals surface area contributed by atoms with Crippen molar-refractivity contribution in [1.82, 2.24) is 29.7 Å². The first-order valence-electron chi connectivity index (χ1n) is 9.12. The Hall–Kier alpha value is -2.68. The fraction of sp³-hybridized carbons (Fsp3) is 0.444. The number of hydrogen-bond donors (Lipinski definition) is 1. The molecule has 2 atom stereocenters. The fourth-order valence-electron chi connectivity index (χ4n) is 4.07. The highest BCUT2D eigenvalue weighted by Crippen LogP contribution is 2.28. The first-order chi connectivity index (χ1) is 13.2. The van der Waals surface area contributed by atoms with Crippen LogP contribution in [-0.4, -0.2) is 50.0 Å². The van der Waals surface area contributed by atoms with E-state index < -0.39 is 6.43 Å². The minimum atomic E-state index is -2.64. The number of nitrogens with zero attached hydrogens (tertiary/aromatic N) is 6. The maximum atomic E-state index is 13.0. The molecule has 1 N–H and O–H groups in total. The molecule has 2 saturated heterocycles. The summed E-state index contributed by atoms with van der Waals surface area (Å²) >= 11 is 0. The summed E-state index contributed by atoms with van der Waals surface area (Å²) in [5.41, 5.74) is 0.761. The van der Waals surface area contributed by atoms with Gasteiger partial charge in [0.1, 0.15) is 17.2 Å². The Bertz CT molecular complexity index is 973. The van der Waals surface area contributed by atoms with Crippen LogP contribution in [0.5, 0.6) is 0 Å². The van der Waals surface area contributed by atoms with Gasteiger partial charge >= 0.3 is 0 Å². The predicted octanol–water partition coefficient (Wildman–Crippen LogP) is 2.31. The van der Waals surface area contributed by atoms with E-state index in [2.05, 4.69) is 25.2 Å². The Labute approximate surface area is 154 Å². The van der Waals surface area contributed by atoms with E-state index in [0.717, 1.165) is 37.8 Å². The van der Waals surface area contributed by atoms with Gasteiger partial charge in [-0.2, -0.15) is 0 Å². The maximum Gasteiger partial charge on any atom is 0.281 e. The second-order valence-electron chi connectivity index (χ2n) is 7.07. The van der Waals surface area contributed by atoms with Crippen LogP contribution in [0, 0.1) is 5.92 Å². The van der Waals surface area contributed by atoms with Crippen molar-refractivity contribution < 1.29 is 8.78 Å². The molecule has 5 rings (SSSR count). The predicted molar refractivity (Wildman–Crippen MR) is 95.7 cm³/mol. The number of aromatic nitrogens is 5. The number of rotatable bonds is 3. The summed E-state index contributed by atoms with van der Waals surface area (Å²) in [5.74, 6) is 2.07. The average molecular weight is 371 g/mol. The molecule has 3 aromatic heterocycles. The SMILES string of the molecule is FC(F)c1cn2c(-c3nccc(N4CCC5CCNC5C4)n3)cnc2cn1. The Morgan fingerprint density at radius 2 is 2.07 bits per heavy atom. The average Bonchev–Trinajstić information content (AvgIpc) is 3.33. The van der Waals surface area contributed by atoms with Crippen molar-refractivity contribution in [3.05, 3.63) is 36.5 Å². The third kappa shape index (κ3) is 2.91. The lowest BCUT2D eigenvalue weighted by atomic mass is 9.92. The molecule has 2 fully saturated rings. The molecule has 0 saturated carbocycles. The Balaban J connectivity index is 1.49. The summed E-state index contributed by atoms with van der Waals surface area (Å²) in [6, 6.07) is 2.40. The minimum absolute atomic E-state index is 0.299. The standard InChI is InChI=1S/C18H19F2N7/c19-17(20)13-10-27-14(7-24-16(27)8-23-13)18-22-5-2-15(25-18)26-6-3-11-1-4-21-12(11)9-26/h2,5,7-8,10-12,17,21H,1,3-4,6,9H2. The number of hydrogen-bond acceptors (Lipinski definition) is 6. The second-order valence-corrected chi connectivity index (χ2v) is 7.07. The monoisotopic (exact) mass is 371 g/mol. The molecule has 2 aliphatic heterocycles. The van der Waals surface area contributed by atoms with E-state index in [0.29, 0.717) is 23.2 Å². The molecule has 2 unspecified atom stereocenters. The molecule has 0 bridgehead atoms. The van der Waals surface area contributed by atoms with E-state index in [4.69, 9.17) is 4.98 Å². The summed E-state index contributed by atoms with van der Waals surface area (Å²) in [6.07, 6.45) is 5.69. The highest BCUT2D eigenvalue weighted by molar-refractivity contribution is 5.58. The van der Waals surface area contributed by atoms with Gasteiger partial charge < -0.3 is 10.2 Å². The quantitative estimate of drug-likeness (QED) is 0.762. The van der Waals surface area contributed by atoms with E-state index in [1.807, 2.05) is 6.07 Å². The Kier molecular flexibility index (Phi) is 3.96. The molecule has 0 aliphatic carbocycles. The summed E-state index contributed by atoms with van der Waals surface area (Å²) < 4.78 is 27.6. The van der Waals surface area contributed by atoms with Gasteiger partial charge in [0.2, 0.25) is 0 Å². The van der Waals surface area contributed by atoms with Crippen molar-refractivity contribution in [3.8, 4) is 11.5 Å². The van der Waals surface area contributed by atoms with Crippen molar-refractivity contribution in [2.24, 2.45) is 5.92 Å². The first-order valence-corrected chi connectivity index (χ1v) is 9.12. The normalized spacial score (nSPS) is 22.6. The summed E-state index contributed by atoms with van der Waals surface area (Å²) in [4.78, 5) is 19.3. The van der Waals surface area contributed by atoms with Crippen molar-refractivity contribution in [2.75, 3.05) is 24.5 Å². The van der Waals surface area contributed by atoms with Crippen LogP contribution in [-0.2, 0) is 0 Å². The number of imidazole rings is 1. The molecule has 3 aromatic rings. The number of halogens is 2. The Morgan fingerprint density at radius 3 is 2.96 bits per heavy atom. The van der Waals surface area contributed by atoms with Gasteiger partial charge in [-0.25, -0.2) is 28.7 Å². The van der Waals surface area contributed by atoms with E-state index in [1.165, 1.54) is 18.8 Å². The van der Waals surface area contributed by atoms with E-state index in [-0.39, 0.29) is 5.69 Å². The summed E-state index contributed by atoms with van der Waals surface area (Å²) in [5, 5.41) is 3.56. The van der Waals surface area contributed by atoms with Gasteiger partial charge in [-0.15, -0.1) is 0 Å². The lowest BCUT2D eigenvalue weighted by Crippen LogP contribution is -2.46. The maximum absolute atomic E-state index is 13.0. The van der Waals surface area contributed by atoms with Crippen molar-refractivity contribution >= 4 is 11.5 Å². The molecular formula is C18H19F2N7. The summed E-state index contributed by atoms with van der Waals surface area (Å²) in [6.45, 7) is 2.97. The highest BCUT2D eigenvalue weighted by Gasteiger charge is 2.33. The van der Waals surface area contributed by atoms with Gasteiger partial charge in [-0.05, 0) is 31.4 Å². The third-order valence-corrected chi connectivity index (χ3v) is 5.51. The third-order valence-electron chi connectivity index (χ3n) is 5.51. The Morgan fingerprint density at radius 1 is 1.15 bits per heavy atom.